The second kappa shape index (κ2) is 7.11. The minimum absolute atomic E-state index is 0.100. The highest BCUT2D eigenvalue weighted by molar-refractivity contribution is 7.14. The number of nitrogens with zero attached hydrogens (tertiary/aromatic N) is 1. The van der Waals surface area contributed by atoms with Crippen LogP contribution in [0.1, 0.15) is 46.8 Å². The minimum Gasteiger partial charge on any atom is -0.373 e. The van der Waals surface area contributed by atoms with Gasteiger partial charge in [0.1, 0.15) is 0 Å². The summed E-state index contributed by atoms with van der Waals surface area (Å²) in [4.78, 5) is 16.9. The van der Waals surface area contributed by atoms with Gasteiger partial charge < -0.3 is 10.1 Å². The Kier molecular flexibility index (Phi) is 5.16. The van der Waals surface area contributed by atoms with Crippen molar-refractivity contribution in [3.8, 4) is 0 Å². The first-order valence-corrected chi connectivity index (χ1v) is 9.21. The van der Waals surface area contributed by atoms with Crippen LogP contribution in [0.15, 0.2) is 6.07 Å². The molecule has 0 unspecified atom stereocenters. The normalized spacial score (nSPS) is 25.2. The quantitative estimate of drug-likeness (QED) is 0.847. The number of thiophene rings is 1. The van der Waals surface area contributed by atoms with E-state index in [9.17, 15) is 4.79 Å². The summed E-state index contributed by atoms with van der Waals surface area (Å²) in [7, 11) is 0. The molecule has 1 amide bonds. The number of hydrogen-bond acceptors (Lipinski definition) is 4. The van der Waals surface area contributed by atoms with Crippen LogP contribution in [0.5, 0.6) is 0 Å². The third-order valence-electron chi connectivity index (χ3n) is 4.40. The molecule has 1 saturated heterocycles. The topological polar surface area (TPSA) is 41.6 Å². The first-order chi connectivity index (χ1) is 10.6. The molecule has 2 aliphatic rings. The number of hydrogen-bond donors (Lipinski definition) is 1. The molecule has 2 heterocycles. The van der Waals surface area contributed by atoms with Crippen molar-refractivity contribution in [2.45, 2.75) is 51.7 Å². The fourth-order valence-corrected chi connectivity index (χ4v) is 4.67. The summed E-state index contributed by atoms with van der Waals surface area (Å²) in [6.45, 7) is 8.02. The third kappa shape index (κ3) is 3.89. The van der Waals surface area contributed by atoms with E-state index in [2.05, 4.69) is 30.1 Å². The molecular weight excluding hydrogens is 296 g/mol. The molecule has 1 aliphatic heterocycles. The van der Waals surface area contributed by atoms with Gasteiger partial charge in [-0.3, -0.25) is 9.69 Å². The molecule has 1 aromatic heterocycles. The van der Waals surface area contributed by atoms with E-state index in [-0.39, 0.29) is 5.91 Å². The van der Waals surface area contributed by atoms with Crippen molar-refractivity contribution < 1.29 is 9.53 Å². The first kappa shape index (κ1) is 16.0. The smallest absolute Gasteiger partial charge is 0.261 e. The lowest BCUT2D eigenvalue weighted by Crippen LogP contribution is -2.46. The molecule has 1 aromatic rings. The van der Waals surface area contributed by atoms with E-state index in [1.807, 2.05) is 0 Å². The summed E-state index contributed by atoms with van der Waals surface area (Å²) in [5, 5.41) is 3.06. The fourth-order valence-electron chi connectivity index (χ4n) is 3.50. The van der Waals surface area contributed by atoms with Gasteiger partial charge in [0, 0.05) is 31.1 Å². The minimum atomic E-state index is 0.100. The highest BCUT2D eigenvalue weighted by Crippen LogP contribution is 2.30. The number of carbonyl (C=O) groups excluding carboxylic acids is 1. The molecule has 122 valence electrons. The second-order valence-electron chi connectivity index (χ2n) is 6.54. The van der Waals surface area contributed by atoms with Crippen molar-refractivity contribution in [1.29, 1.82) is 0 Å². The van der Waals surface area contributed by atoms with Gasteiger partial charge in [-0.05, 0) is 51.2 Å². The van der Waals surface area contributed by atoms with Crippen molar-refractivity contribution in [1.82, 2.24) is 10.2 Å². The Morgan fingerprint density at radius 3 is 2.86 bits per heavy atom. The fraction of sp³-hybridized carbons (Fsp3) is 0.706. The van der Waals surface area contributed by atoms with Crippen LogP contribution in [-0.2, 0) is 17.6 Å². The molecular formula is C17H26N2O2S. The van der Waals surface area contributed by atoms with Crippen LogP contribution in [0, 0.1) is 0 Å². The Bertz CT molecular complexity index is 497. The predicted octanol–water partition coefficient (Wildman–Crippen LogP) is 2.47. The number of amides is 1. The van der Waals surface area contributed by atoms with Crippen LogP contribution in [0.2, 0.25) is 0 Å². The van der Waals surface area contributed by atoms with Gasteiger partial charge in [0.15, 0.2) is 0 Å². The SMILES string of the molecule is C[C@@H]1CN(CCCNC(=O)c2cc3c(s2)CCC3)C[C@@H](C)O1. The predicted molar refractivity (Wildman–Crippen MR) is 89.7 cm³/mol. The lowest BCUT2D eigenvalue weighted by atomic mass is 10.2. The van der Waals surface area contributed by atoms with E-state index in [4.69, 9.17) is 4.74 Å². The van der Waals surface area contributed by atoms with Gasteiger partial charge in [-0.25, -0.2) is 0 Å². The van der Waals surface area contributed by atoms with Gasteiger partial charge in [-0.2, -0.15) is 0 Å². The maximum absolute atomic E-state index is 12.2. The maximum Gasteiger partial charge on any atom is 0.261 e. The third-order valence-corrected chi connectivity index (χ3v) is 5.64. The van der Waals surface area contributed by atoms with E-state index in [0.717, 1.165) is 50.3 Å². The zero-order chi connectivity index (χ0) is 15.5. The lowest BCUT2D eigenvalue weighted by Gasteiger charge is -2.35. The summed E-state index contributed by atoms with van der Waals surface area (Å²) in [5.74, 6) is 0.100. The van der Waals surface area contributed by atoms with Gasteiger partial charge >= 0.3 is 0 Å². The van der Waals surface area contributed by atoms with Crippen LogP contribution < -0.4 is 5.32 Å². The molecule has 1 fully saturated rings. The average Bonchev–Trinajstić information content (AvgIpc) is 3.03. The first-order valence-electron chi connectivity index (χ1n) is 8.39. The molecule has 0 saturated carbocycles. The molecule has 5 heteroatoms. The van der Waals surface area contributed by atoms with Gasteiger partial charge in [-0.15, -0.1) is 11.3 Å². The second-order valence-corrected chi connectivity index (χ2v) is 7.68. The molecule has 1 aliphatic carbocycles. The van der Waals surface area contributed by atoms with E-state index in [1.165, 1.54) is 16.9 Å². The molecule has 0 spiro atoms. The van der Waals surface area contributed by atoms with Crippen molar-refractivity contribution in [3.63, 3.8) is 0 Å². The summed E-state index contributed by atoms with van der Waals surface area (Å²) in [6, 6.07) is 2.09. The molecule has 4 nitrogen and oxygen atoms in total. The van der Waals surface area contributed by atoms with E-state index >= 15 is 0 Å². The Morgan fingerprint density at radius 1 is 1.36 bits per heavy atom. The van der Waals surface area contributed by atoms with E-state index in [0.29, 0.717) is 12.2 Å². The highest BCUT2D eigenvalue weighted by Gasteiger charge is 2.22. The van der Waals surface area contributed by atoms with Crippen molar-refractivity contribution in [3.05, 3.63) is 21.4 Å². The van der Waals surface area contributed by atoms with Crippen LogP contribution in [0.3, 0.4) is 0 Å². The zero-order valence-corrected chi connectivity index (χ0v) is 14.4. The Hall–Kier alpha value is -0.910. The molecule has 0 radical (unpaired) electrons. The molecule has 3 rings (SSSR count). The number of fused-ring (bicyclic) bond motifs is 1. The zero-order valence-electron chi connectivity index (χ0n) is 13.6. The Labute approximate surface area is 136 Å². The van der Waals surface area contributed by atoms with Crippen LogP contribution in [0.4, 0.5) is 0 Å². The number of carbonyl (C=O) groups is 1. The summed E-state index contributed by atoms with van der Waals surface area (Å²) >= 11 is 1.68. The van der Waals surface area contributed by atoms with Gasteiger partial charge in [0.05, 0.1) is 17.1 Å². The van der Waals surface area contributed by atoms with Crippen LogP contribution in [0.25, 0.3) is 0 Å². The molecule has 0 aromatic carbocycles. The Balaban J connectivity index is 1.38. The number of aryl methyl sites for hydroxylation is 2. The molecule has 1 N–H and O–H groups in total. The van der Waals surface area contributed by atoms with Gasteiger partial charge in [-0.1, -0.05) is 0 Å². The summed E-state index contributed by atoms with van der Waals surface area (Å²) < 4.78 is 5.74. The molecule has 0 bridgehead atoms. The summed E-state index contributed by atoms with van der Waals surface area (Å²) in [6.07, 6.45) is 5.17. The van der Waals surface area contributed by atoms with Crippen molar-refractivity contribution >= 4 is 17.2 Å². The van der Waals surface area contributed by atoms with E-state index in [1.54, 1.807) is 11.3 Å². The lowest BCUT2D eigenvalue weighted by molar-refractivity contribution is -0.0679. The van der Waals surface area contributed by atoms with Crippen LogP contribution in [-0.4, -0.2) is 49.2 Å². The van der Waals surface area contributed by atoms with Gasteiger partial charge in [0.25, 0.3) is 5.91 Å². The number of morpholine rings is 1. The highest BCUT2D eigenvalue weighted by atomic mass is 32.1. The summed E-state index contributed by atoms with van der Waals surface area (Å²) in [5.41, 5.74) is 1.39. The number of ether oxygens (including phenoxy) is 1. The van der Waals surface area contributed by atoms with Crippen LogP contribution >= 0.6 is 11.3 Å². The van der Waals surface area contributed by atoms with Crippen molar-refractivity contribution in [2.75, 3.05) is 26.2 Å². The Morgan fingerprint density at radius 2 is 2.14 bits per heavy atom. The van der Waals surface area contributed by atoms with Gasteiger partial charge in [0.2, 0.25) is 0 Å². The van der Waals surface area contributed by atoms with Crippen molar-refractivity contribution in [2.24, 2.45) is 0 Å². The molecule has 22 heavy (non-hydrogen) atoms. The van der Waals surface area contributed by atoms with E-state index < -0.39 is 0 Å². The maximum atomic E-state index is 12.2. The number of nitrogens with one attached hydrogen (secondary N) is 1. The monoisotopic (exact) mass is 322 g/mol. The average molecular weight is 322 g/mol. The standard InChI is InChI=1S/C17H26N2O2S/c1-12-10-19(11-13(2)21-12)8-4-7-18-17(20)16-9-14-5-3-6-15(14)22-16/h9,12-13H,3-8,10-11H2,1-2H3,(H,18,20)/t12-,13-/m1/s1. The number of rotatable bonds is 5. The molecule has 2 atom stereocenters. The largest absolute Gasteiger partial charge is 0.373 e.